The maximum atomic E-state index is 3.53. The Kier molecular flexibility index (Phi) is 5.41. The molecule has 0 spiro atoms. The van der Waals surface area contributed by atoms with Gasteiger partial charge in [-0.1, -0.05) is 0 Å². The Morgan fingerprint density at radius 1 is 1.18 bits per heavy atom. The molecule has 1 heteroatoms. The van der Waals surface area contributed by atoms with Gasteiger partial charge in [-0.25, -0.2) is 0 Å². The Morgan fingerprint density at radius 2 is 1.64 bits per heavy atom. The Bertz CT molecular complexity index is 169. The quantitative estimate of drug-likeness (QED) is 0.492. The van der Waals surface area contributed by atoms with Crippen LogP contribution in [0.4, 0.5) is 0 Å². The standard InChI is InChI=1S/C10H18Ge/c1-5-9-10-11(6-2,7-3)8-4/h10H,1,6-8H2,2-4H3. The van der Waals surface area contributed by atoms with Crippen molar-refractivity contribution in [3.05, 3.63) is 22.9 Å². The van der Waals surface area contributed by atoms with Gasteiger partial charge in [0.2, 0.25) is 0 Å². The molecule has 0 fully saturated rings. The molecule has 0 N–H and O–H groups in total. The zero-order valence-electron chi connectivity index (χ0n) is 7.91. The molecular weight excluding hydrogens is 193 g/mol. The number of rotatable bonds is 4. The van der Waals surface area contributed by atoms with Crippen molar-refractivity contribution in [1.82, 2.24) is 0 Å². The van der Waals surface area contributed by atoms with Gasteiger partial charge < -0.3 is 0 Å². The van der Waals surface area contributed by atoms with Gasteiger partial charge in [-0.05, 0) is 0 Å². The summed E-state index contributed by atoms with van der Waals surface area (Å²) in [4.78, 5) is 2.30. The van der Waals surface area contributed by atoms with Crippen molar-refractivity contribution >= 4 is 13.3 Å². The van der Waals surface area contributed by atoms with Crippen LogP contribution in [0.5, 0.6) is 0 Å². The van der Waals surface area contributed by atoms with Crippen molar-refractivity contribution in [1.29, 1.82) is 0 Å². The first kappa shape index (κ1) is 10.8. The van der Waals surface area contributed by atoms with E-state index in [0.717, 1.165) is 0 Å². The van der Waals surface area contributed by atoms with Crippen LogP contribution in [0.15, 0.2) is 22.9 Å². The summed E-state index contributed by atoms with van der Waals surface area (Å²) in [6.07, 6.45) is 0. The second-order valence-corrected chi connectivity index (χ2v) is 13.7. The van der Waals surface area contributed by atoms with E-state index in [-0.39, 0.29) is 0 Å². The van der Waals surface area contributed by atoms with Crippen LogP contribution in [0.25, 0.3) is 0 Å². The van der Waals surface area contributed by atoms with Gasteiger partial charge in [0.1, 0.15) is 0 Å². The molecule has 62 valence electrons. The summed E-state index contributed by atoms with van der Waals surface area (Å²) in [6.45, 7) is 10.4. The second kappa shape index (κ2) is 5.49. The molecule has 0 rings (SSSR count). The minimum absolute atomic E-state index is 1.36. The van der Waals surface area contributed by atoms with Crippen molar-refractivity contribution in [3.8, 4) is 0 Å². The molecule has 0 saturated carbocycles. The molecule has 0 unspecified atom stereocenters. The van der Waals surface area contributed by atoms with E-state index in [0.29, 0.717) is 0 Å². The summed E-state index contributed by atoms with van der Waals surface area (Å²) < 4.78 is 0. The molecule has 0 bridgehead atoms. The van der Waals surface area contributed by atoms with E-state index in [2.05, 4.69) is 43.7 Å². The predicted octanol–water partition coefficient (Wildman–Crippen LogP) is 3.53. The topological polar surface area (TPSA) is 0 Å². The van der Waals surface area contributed by atoms with Crippen LogP contribution in [0.1, 0.15) is 20.8 Å². The number of hydrogen-bond acceptors (Lipinski definition) is 0. The number of hydrogen-bond donors (Lipinski definition) is 0. The van der Waals surface area contributed by atoms with E-state index in [1.54, 1.807) is 0 Å². The fourth-order valence-corrected chi connectivity index (χ4v) is 6.55. The Morgan fingerprint density at radius 3 is 1.91 bits per heavy atom. The van der Waals surface area contributed by atoms with Gasteiger partial charge in [0, 0.05) is 0 Å². The van der Waals surface area contributed by atoms with E-state index >= 15 is 0 Å². The molecule has 0 heterocycles. The van der Waals surface area contributed by atoms with E-state index in [9.17, 15) is 0 Å². The van der Waals surface area contributed by atoms with Gasteiger partial charge in [0.15, 0.2) is 0 Å². The first-order valence-electron chi connectivity index (χ1n) is 4.36. The van der Waals surface area contributed by atoms with Gasteiger partial charge in [0.05, 0.1) is 0 Å². The van der Waals surface area contributed by atoms with Crippen molar-refractivity contribution in [2.24, 2.45) is 0 Å². The maximum absolute atomic E-state index is 3.53. The van der Waals surface area contributed by atoms with Crippen molar-refractivity contribution in [2.45, 2.75) is 36.5 Å². The molecule has 0 aliphatic rings. The molecular formula is C10H18Ge. The van der Waals surface area contributed by atoms with Gasteiger partial charge in [-0.2, -0.15) is 0 Å². The molecule has 0 aromatic rings. The molecule has 0 aromatic carbocycles. The first-order chi connectivity index (χ1) is 5.24. The molecule has 0 amide bonds. The summed E-state index contributed by atoms with van der Waals surface area (Å²) in [5.41, 5.74) is 5.76. The van der Waals surface area contributed by atoms with E-state index < -0.39 is 13.3 Å². The molecule has 0 aromatic heterocycles. The average Bonchev–Trinajstić information content (AvgIpc) is 2.08. The fourth-order valence-electron chi connectivity index (χ4n) is 1.26. The summed E-state index contributed by atoms with van der Waals surface area (Å²) in [5.74, 6) is 0. The Balaban J connectivity index is 4.54. The fraction of sp³-hybridized carbons (Fsp3) is 0.600. The van der Waals surface area contributed by atoms with Gasteiger partial charge in [-0.15, -0.1) is 0 Å². The molecule has 0 saturated heterocycles. The summed E-state index contributed by atoms with van der Waals surface area (Å²) in [7, 11) is 0. The SMILES string of the molecule is C=C=C=[CH][Ge]([CH2]C)([CH2]C)[CH2]C. The molecule has 0 radical (unpaired) electrons. The summed E-state index contributed by atoms with van der Waals surface area (Å²) in [6, 6.07) is 0. The summed E-state index contributed by atoms with van der Waals surface area (Å²) in [5, 5.41) is 4.09. The third-order valence-corrected chi connectivity index (χ3v) is 13.0. The van der Waals surface area contributed by atoms with Crippen LogP contribution >= 0.6 is 0 Å². The molecule has 0 aliphatic heterocycles. The Labute approximate surface area is 73.1 Å². The zero-order valence-corrected chi connectivity index (χ0v) is 10.0. The van der Waals surface area contributed by atoms with Crippen LogP contribution in [-0.2, 0) is 0 Å². The molecule has 0 aliphatic carbocycles. The third-order valence-electron chi connectivity index (χ3n) is 2.59. The second-order valence-electron chi connectivity index (χ2n) is 2.89. The van der Waals surface area contributed by atoms with Crippen LogP contribution in [0.3, 0.4) is 0 Å². The van der Waals surface area contributed by atoms with Crippen molar-refractivity contribution in [2.75, 3.05) is 0 Å². The van der Waals surface area contributed by atoms with Gasteiger partial charge in [0.25, 0.3) is 0 Å². The van der Waals surface area contributed by atoms with Crippen LogP contribution in [0, 0.1) is 0 Å². The van der Waals surface area contributed by atoms with Crippen molar-refractivity contribution in [3.63, 3.8) is 0 Å². The monoisotopic (exact) mass is 212 g/mol. The summed E-state index contributed by atoms with van der Waals surface area (Å²) >= 11 is -1.57. The predicted molar refractivity (Wildman–Crippen MR) is 54.4 cm³/mol. The van der Waals surface area contributed by atoms with Gasteiger partial charge >= 0.3 is 72.7 Å². The first-order valence-corrected chi connectivity index (χ1v) is 10.0. The van der Waals surface area contributed by atoms with Crippen LogP contribution < -0.4 is 0 Å². The molecule has 0 atom stereocenters. The average molecular weight is 211 g/mol. The van der Waals surface area contributed by atoms with Crippen LogP contribution in [0.2, 0.25) is 15.8 Å². The molecule has 11 heavy (non-hydrogen) atoms. The Hall–Kier alpha value is -0.157. The van der Waals surface area contributed by atoms with E-state index in [1.807, 2.05) is 0 Å². The van der Waals surface area contributed by atoms with Crippen molar-refractivity contribution < 1.29 is 0 Å². The van der Waals surface area contributed by atoms with Gasteiger partial charge in [-0.3, -0.25) is 0 Å². The normalized spacial score (nSPS) is 10.1. The molecule has 0 nitrogen and oxygen atoms in total. The van der Waals surface area contributed by atoms with Crippen LogP contribution in [-0.4, -0.2) is 13.3 Å². The zero-order chi connectivity index (χ0) is 8.74. The third kappa shape index (κ3) is 3.16. The minimum atomic E-state index is -1.57. The van der Waals surface area contributed by atoms with E-state index in [4.69, 9.17) is 0 Å². The van der Waals surface area contributed by atoms with E-state index in [1.165, 1.54) is 15.8 Å².